The van der Waals surface area contributed by atoms with E-state index >= 15 is 0 Å². The SMILES string of the molecule is O=C(Nc1cc([N+](=O)[O-])ccc1OC(F)F)N1CCCSCC1. The van der Waals surface area contributed by atoms with E-state index in [0.717, 1.165) is 36.1 Å². The summed E-state index contributed by atoms with van der Waals surface area (Å²) in [5.74, 6) is 1.41. The number of halogens is 2. The Morgan fingerprint density at radius 2 is 2.17 bits per heavy atom. The molecule has 10 heteroatoms. The fourth-order valence-electron chi connectivity index (χ4n) is 2.07. The van der Waals surface area contributed by atoms with Gasteiger partial charge in [-0.15, -0.1) is 0 Å². The van der Waals surface area contributed by atoms with Gasteiger partial charge in [0.25, 0.3) is 5.69 Å². The Balaban J connectivity index is 2.19. The summed E-state index contributed by atoms with van der Waals surface area (Å²) in [6.45, 7) is -2.03. The second kappa shape index (κ2) is 7.95. The largest absolute Gasteiger partial charge is 0.433 e. The molecule has 0 aromatic heterocycles. The summed E-state index contributed by atoms with van der Waals surface area (Å²) in [5.41, 5.74) is -0.477. The number of hydrogen-bond acceptors (Lipinski definition) is 5. The van der Waals surface area contributed by atoms with E-state index in [1.165, 1.54) is 0 Å². The highest BCUT2D eigenvalue weighted by atomic mass is 32.2. The predicted octanol–water partition coefficient (Wildman–Crippen LogP) is 3.17. The molecule has 0 unspecified atom stereocenters. The van der Waals surface area contributed by atoms with Crippen molar-refractivity contribution in [3.05, 3.63) is 28.3 Å². The van der Waals surface area contributed by atoms with E-state index in [-0.39, 0.29) is 17.1 Å². The number of thioether (sulfide) groups is 1. The molecule has 1 saturated heterocycles. The van der Waals surface area contributed by atoms with E-state index in [1.807, 2.05) is 0 Å². The Kier molecular flexibility index (Phi) is 5.97. The maximum atomic E-state index is 12.4. The van der Waals surface area contributed by atoms with E-state index in [1.54, 1.807) is 16.7 Å². The van der Waals surface area contributed by atoms with Crippen molar-refractivity contribution in [2.75, 3.05) is 29.9 Å². The quantitative estimate of drug-likeness (QED) is 0.668. The number of nitro groups is 1. The van der Waals surface area contributed by atoms with Crippen molar-refractivity contribution in [2.45, 2.75) is 13.0 Å². The van der Waals surface area contributed by atoms with Crippen molar-refractivity contribution in [3.8, 4) is 5.75 Å². The van der Waals surface area contributed by atoms with E-state index < -0.39 is 17.6 Å². The van der Waals surface area contributed by atoms with E-state index in [9.17, 15) is 23.7 Å². The van der Waals surface area contributed by atoms with Crippen molar-refractivity contribution in [3.63, 3.8) is 0 Å². The lowest BCUT2D eigenvalue weighted by Gasteiger charge is -2.21. The molecule has 0 aliphatic carbocycles. The molecule has 0 radical (unpaired) electrons. The number of anilines is 1. The highest BCUT2D eigenvalue weighted by Crippen LogP contribution is 2.30. The minimum absolute atomic E-state index is 0.151. The fourth-order valence-corrected chi connectivity index (χ4v) is 2.96. The van der Waals surface area contributed by atoms with E-state index in [2.05, 4.69) is 10.1 Å². The number of nitro benzene ring substituents is 1. The van der Waals surface area contributed by atoms with Crippen LogP contribution in [0.4, 0.5) is 25.0 Å². The lowest BCUT2D eigenvalue weighted by atomic mass is 10.2. The van der Waals surface area contributed by atoms with Gasteiger partial charge in [0, 0.05) is 31.0 Å². The number of nitrogens with one attached hydrogen (secondary N) is 1. The van der Waals surface area contributed by atoms with Gasteiger partial charge in [-0.1, -0.05) is 0 Å². The summed E-state index contributed by atoms with van der Waals surface area (Å²) in [7, 11) is 0. The van der Waals surface area contributed by atoms with Gasteiger partial charge in [-0.2, -0.15) is 20.5 Å². The third-order valence-corrected chi connectivity index (χ3v) is 4.19. The monoisotopic (exact) mass is 347 g/mol. The number of urea groups is 1. The van der Waals surface area contributed by atoms with Crippen LogP contribution in [0.3, 0.4) is 0 Å². The molecule has 1 aromatic carbocycles. The van der Waals surface area contributed by atoms with Crippen LogP contribution in [0.25, 0.3) is 0 Å². The molecule has 7 nitrogen and oxygen atoms in total. The number of carbonyl (C=O) groups is 1. The van der Waals surface area contributed by atoms with E-state index in [4.69, 9.17) is 0 Å². The standard InChI is InChI=1S/C13H15F2N3O4S/c14-12(15)22-11-3-2-9(18(20)21)8-10(11)16-13(19)17-4-1-6-23-7-5-17/h2-3,8,12H,1,4-7H2,(H,16,19). The molecule has 0 spiro atoms. The van der Waals surface area contributed by atoms with E-state index in [0.29, 0.717) is 13.1 Å². The number of ether oxygens (including phenoxy) is 1. The minimum Gasteiger partial charge on any atom is -0.433 e. The van der Waals surface area contributed by atoms with Gasteiger partial charge in [0.2, 0.25) is 0 Å². The summed E-state index contributed by atoms with van der Waals surface area (Å²) in [4.78, 5) is 23.9. The summed E-state index contributed by atoms with van der Waals surface area (Å²) >= 11 is 1.73. The van der Waals surface area contributed by atoms with Crippen molar-refractivity contribution in [1.29, 1.82) is 0 Å². The molecule has 126 valence electrons. The lowest BCUT2D eigenvalue weighted by Crippen LogP contribution is -2.36. The number of rotatable bonds is 4. The highest BCUT2D eigenvalue weighted by Gasteiger charge is 2.20. The first-order chi connectivity index (χ1) is 11.0. The van der Waals surface area contributed by atoms with Crippen LogP contribution in [-0.2, 0) is 0 Å². The van der Waals surface area contributed by atoms with Gasteiger partial charge in [-0.25, -0.2) is 4.79 Å². The average molecular weight is 347 g/mol. The van der Waals surface area contributed by atoms with Gasteiger partial charge >= 0.3 is 12.6 Å². The molecular weight excluding hydrogens is 332 g/mol. The van der Waals surface area contributed by atoms with Crippen LogP contribution in [0.15, 0.2) is 18.2 Å². The van der Waals surface area contributed by atoms with Gasteiger partial charge in [-0.05, 0) is 18.2 Å². The lowest BCUT2D eigenvalue weighted by molar-refractivity contribution is -0.384. The van der Waals surface area contributed by atoms with Crippen LogP contribution >= 0.6 is 11.8 Å². The average Bonchev–Trinajstić information content (AvgIpc) is 2.77. The molecule has 1 heterocycles. The van der Waals surface area contributed by atoms with Crippen molar-refractivity contribution >= 4 is 29.2 Å². The number of hydrogen-bond donors (Lipinski definition) is 1. The summed E-state index contributed by atoms with van der Waals surface area (Å²) in [6, 6.07) is 2.59. The Hall–Kier alpha value is -2.10. The minimum atomic E-state index is -3.10. The highest BCUT2D eigenvalue weighted by molar-refractivity contribution is 7.99. The smallest absolute Gasteiger partial charge is 0.387 e. The Morgan fingerprint density at radius 1 is 1.39 bits per heavy atom. The molecule has 1 aromatic rings. The molecule has 1 aliphatic heterocycles. The first-order valence-corrected chi connectivity index (χ1v) is 8.00. The van der Waals surface area contributed by atoms with Crippen molar-refractivity contribution in [1.82, 2.24) is 4.90 Å². The Labute approximate surface area is 135 Å². The molecule has 0 saturated carbocycles. The Bertz CT molecular complexity index is 580. The summed E-state index contributed by atoms with van der Waals surface area (Å²) in [6.07, 6.45) is 0.827. The van der Waals surface area contributed by atoms with Crippen LogP contribution in [-0.4, -0.2) is 47.1 Å². The maximum absolute atomic E-state index is 12.4. The number of benzene rings is 1. The first kappa shape index (κ1) is 17.3. The number of nitrogens with zero attached hydrogens (tertiary/aromatic N) is 2. The number of carbonyl (C=O) groups excluding carboxylic acids is 1. The molecule has 0 bridgehead atoms. The van der Waals surface area contributed by atoms with Gasteiger partial charge < -0.3 is 15.0 Å². The van der Waals surface area contributed by atoms with Crippen LogP contribution in [0.1, 0.15) is 6.42 Å². The molecule has 2 rings (SSSR count). The van der Waals surface area contributed by atoms with Gasteiger partial charge in [-0.3, -0.25) is 10.1 Å². The number of non-ortho nitro benzene ring substituents is 1. The fraction of sp³-hybridized carbons (Fsp3) is 0.462. The predicted molar refractivity (Wildman–Crippen MR) is 82.3 cm³/mol. The van der Waals surface area contributed by atoms with Crippen LogP contribution in [0.2, 0.25) is 0 Å². The molecule has 1 aliphatic rings. The first-order valence-electron chi connectivity index (χ1n) is 6.84. The zero-order chi connectivity index (χ0) is 16.8. The molecule has 2 amide bonds. The Morgan fingerprint density at radius 3 is 2.87 bits per heavy atom. The molecule has 1 fully saturated rings. The van der Waals surface area contributed by atoms with Crippen LogP contribution < -0.4 is 10.1 Å². The third-order valence-electron chi connectivity index (χ3n) is 3.14. The molecular formula is C13H15F2N3O4S. The zero-order valence-corrected chi connectivity index (χ0v) is 12.9. The normalized spacial score (nSPS) is 15.2. The zero-order valence-electron chi connectivity index (χ0n) is 12.0. The van der Waals surface area contributed by atoms with Crippen molar-refractivity contribution in [2.24, 2.45) is 0 Å². The molecule has 23 heavy (non-hydrogen) atoms. The van der Waals surface area contributed by atoms with Crippen LogP contribution in [0, 0.1) is 10.1 Å². The van der Waals surface area contributed by atoms with Crippen molar-refractivity contribution < 1.29 is 23.2 Å². The second-order valence-corrected chi connectivity index (χ2v) is 5.92. The van der Waals surface area contributed by atoms with Gasteiger partial charge in [0.1, 0.15) is 5.75 Å². The topological polar surface area (TPSA) is 84.7 Å². The van der Waals surface area contributed by atoms with Gasteiger partial charge in [0.15, 0.2) is 0 Å². The maximum Gasteiger partial charge on any atom is 0.387 e. The molecule has 0 atom stereocenters. The second-order valence-electron chi connectivity index (χ2n) is 4.70. The summed E-state index contributed by atoms with van der Waals surface area (Å²) < 4.78 is 29.1. The number of alkyl halides is 2. The molecule has 1 N–H and O–H groups in total. The number of amides is 2. The van der Waals surface area contributed by atoms with Crippen LogP contribution in [0.5, 0.6) is 5.75 Å². The third kappa shape index (κ3) is 4.95. The van der Waals surface area contributed by atoms with Gasteiger partial charge in [0.05, 0.1) is 10.6 Å². The summed E-state index contributed by atoms with van der Waals surface area (Å²) in [5, 5.41) is 13.2.